The fraction of sp³-hybridized carbons (Fsp3) is 0.500. The molecule has 2 amide bonds. The maximum absolute atomic E-state index is 12.8. The summed E-state index contributed by atoms with van der Waals surface area (Å²) >= 11 is 0. The van der Waals surface area contributed by atoms with Gasteiger partial charge in [-0.1, -0.05) is 37.3 Å². The zero-order chi connectivity index (χ0) is 30.1. The number of fused-ring (bicyclic) bond motifs is 1. The van der Waals surface area contributed by atoms with E-state index in [-0.39, 0.29) is 30.6 Å². The molecule has 0 radical (unpaired) electrons. The molecular weight excluding hydrogens is 516 g/mol. The number of nitrogens with two attached hydrogens (primary N) is 1. The summed E-state index contributed by atoms with van der Waals surface area (Å²) in [6.07, 6.45) is 7.63. The number of imidazole rings is 1. The molecule has 1 aromatic carbocycles. The first-order valence-electron chi connectivity index (χ1n) is 13.1. The SMILES string of the molecule is C=O.CC(=O)C(CCCc1cnc[nH]1)NC(=O)C1CCC2(N)CN(C)CC(=O)N12.CCc1ccccc1.O=CO. The van der Waals surface area contributed by atoms with E-state index in [0.717, 1.165) is 25.0 Å². The van der Waals surface area contributed by atoms with Crippen molar-refractivity contribution in [2.24, 2.45) is 5.73 Å². The molecule has 0 aliphatic carbocycles. The van der Waals surface area contributed by atoms with Crippen molar-refractivity contribution in [2.75, 3.05) is 20.1 Å². The van der Waals surface area contributed by atoms with Crippen LogP contribution in [0.2, 0.25) is 0 Å². The van der Waals surface area contributed by atoms with Crippen LogP contribution in [0.1, 0.15) is 50.8 Å². The summed E-state index contributed by atoms with van der Waals surface area (Å²) in [6, 6.07) is 9.29. The Balaban J connectivity index is 0.000000512. The lowest BCUT2D eigenvalue weighted by Gasteiger charge is -2.44. The smallest absolute Gasteiger partial charge is 0.290 e. The maximum Gasteiger partial charge on any atom is 0.290 e. The summed E-state index contributed by atoms with van der Waals surface area (Å²) in [5, 5.41) is 9.73. The topological polar surface area (TPSA) is 179 Å². The first kappa shape index (κ1) is 34.1. The van der Waals surface area contributed by atoms with E-state index in [1.54, 1.807) is 12.5 Å². The first-order chi connectivity index (χ1) is 19.1. The highest BCUT2D eigenvalue weighted by Crippen LogP contribution is 2.33. The number of benzene rings is 1. The van der Waals surface area contributed by atoms with Gasteiger partial charge in [0.25, 0.3) is 6.47 Å². The Kier molecular flexibility index (Phi) is 15.1. The number of nitrogens with one attached hydrogen (secondary N) is 2. The molecule has 40 heavy (non-hydrogen) atoms. The number of piperazine rings is 1. The molecule has 2 aromatic rings. The highest BCUT2D eigenvalue weighted by molar-refractivity contribution is 5.93. The molecule has 2 saturated heterocycles. The molecule has 0 bridgehead atoms. The number of nitrogens with zero attached hydrogens (tertiary/aromatic N) is 3. The van der Waals surface area contributed by atoms with Gasteiger partial charge in [-0.15, -0.1) is 0 Å². The molecule has 2 fully saturated rings. The van der Waals surface area contributed by atoms with Crippen LogP contribution < -0.4 is 11.1 Å². The van der Waals surface area contributed by atoms with E-state index in [0.29, 0.717) is 25.8 Å². The molecule has 5 N–H and O–H groups in total. The van der Waals surface area contributed by atoms with Crippen molar-refractivity contribution in [3.8, 4) is 0 Å². The second-order valence-electron chi connectivity index (χ2n) is 9.68. The Morgan fingerprint density at radius 1 is 1.32 bits per heavy atom. The van der Waals surface area contributed by atoms with E-state index in [1.807, 2.05) is 24.8 Å². The van der Waals surface area contributed by atoms with Gasteiger partial charge in [0, 0.05) is 18.4 Å². The molecule has 2 aliphatic rings. The number of aromatic amines is 1. The van der Waals surface area contributed by atoms with Gasteiger partial charge in [-0.05, 0) is 58.1 Å². The van der Waals surface area contributed by atoms with Crippen LogP contribution in [0.15, 0.2) is 42.9 Å². The largest absolute Gasteiger partial charge is 0.483 e. The van der Waals surface area contributed by atoms with Crippen LogP contribution in [0.25, 0.3) is 0 Å². The number of carbonyl (C=O) groups excluding carboxylic acids is 4. The first-order valence-corrected chi connectivity index (χ1v) is 13.1. The second kappa shape index (κ2) is 17.6. The summed E-state index contributed by atoms with van der Waals surface area (Å²) in [6.45, 7) is 6.19. The van der Waals surface area contributed by atoms with Crippen molar-refractivity contribution in [2.45, 2.75) is 70.1 Å². The molecule has 12 heteroatoms. The van der Waals surface area contributed by atoms with Crippen LogP contribution >= 0.6 is 0 Å². The van der Waals surface area contributed by atoms with Gasteiger partial charge in [-0.3, -0.25) is 24.1 Å². The number of aryl methyl sites for hydroxylation is 2. The highest BCUT2D eigenvalue weighted by Gasteiger charge is 2.52. The third-order valence-corrected chi connectivity index (χ3v) is 6.71. The van der Waals surface area contributed by atoms with Gasteiger partial charge in [-0.25, -0.2) is 4.98 Å². The lowest BCUT2D eigenvalue weighted by Crippen LogP contribution is -2.69. The fourth-order valence-corrected chi connectivity index (χ4v) is 4.88. The summed E-state index contributed by atoms with van der Waals surface area (Å²) in [7, 11) is 1.85. The third-order valence-electron chi connectivity index (χ3n) is 6.71. The van der Waals surface area contributed by atoms with Crippen LogP contribution in [0, 0.1) is 0 Å². The van der Waals surface area contributed by atoms with E-state index in [4.69, 9.17) is 20.4 Å². The number of hydrogen-bond donors (Lipinski definition) is 4. The van der Waals surface area contributed by atoms with Gasteiger partial charge in [0.15, 0.2) is 5.78 Å². The number of aromatic nitrogens is 2. The Morgan fingerprint density at radius 2 is 1.98 bits per heavy atom. The molecule has 1 aromatic heterocycles. The molecule has 3 unspecified atom stereocenters. The van der Waals surface area contributed by atoms with Crippen molar-refractivity contribution in [3.05, 3.63) is 54.1 Å². The average molecular weight is 559 g/mol. The van der Waals surface area contributed by atoms with Crippen LogP contribution in [0.4, 0.5) is 0 Å². The van der Waals surface area contributed by atoms with Crippen LogP contribution in [-0.2, 0) is 36.8 Å². The van der Waals surface area contributed by atoms with Crippen molar-refractivity contribution >= 4 is 30.9 Å². The van der Waals surface area contributed by atoms with Crippen molar-refractivity contribution in [1.82, 2.24) is 25.1 Å². The van der Waals surface area contributed by atoms with Crippen molar-refractivity contribution in [1.29, 1.82) is 0 Å². The minimum atomic E-state index is -0.807. The van der Waals surface area contributed by atoms with Gasteiger partial charge in [0.05, 0.1) is 18.9 Å². The summed E-state index contributed by atoms with van der Waals surface area (Å²) in [5.74, 6) is -0.515. The molecule has 3 atom stereocenters. The maximum atomic E-state index is 12.8. The monoisotopic (exact) mass is 558 g/mol. The molecule has 2 aliphatic heterocycles. The summed E-state index contributed by atoms with van der Waals surface area (Å²) < 4.78 is 0. The number of carboxylic acid groups (broad SMARTS) is 1. The van der Waals surface area contributed by atoms with E-state index in [1.165, 1.54) is 17.4 Å². The number of Topliss-reactive ketones (excluding diaryl/α,β-unsaturated/α-hetero) is 1. The van der Waals surface area contributed by atoms with E-state index >= 15 is 0 Å². The van der Waals surface area contributed by atoms with E-state index < -0.39 is 17.7 Å². The predicted molar refractivity (Wildman–Crippen MR) is 150 cm³/mol. The zero-order valence-electron chi connectivity index (χ0n) is 23.5. The fourth-order valence-electron chi connectivity index (χ4n) is 4.88. The number of H-pyrrole nitrogens is 1. The lowest BCUT2D eigenvalue weighted by molar-refractivity contribution is -0.150. The third kappa shape index (κ3) is 10.3. The van der Waals surface area contributed by atoms with Crippen LogP contribution in [-0.4, -0.2) is 93.6 Å². The summed E-state index contributed by atoms with van der Waals surface area (Å²) in [5.41, 5.74) is 8.00. The Hall–Kier alpha value is -3.90. The average Bonchev–Trinajstić information content (AvgIpc) is 3.58. The molecule has 220 valence electrons. The second-order valence-corrected chi connectivity index (χ2v) is 9.68. The lowest BCUT2D eigenvalue weighted by atomic mass is 10.0. The van der Waals surface area contributed by atoms with Crippen LogP contribution in [0.3, 0.4) is 0 Å². The van der Waals surface area contributed by atoms with Gasteiger partial charge < -0.3 is 30.8 Å². The number of carbonyl (C=O) groups is 5. The number of rotatable bonds is 8. The van der Waals surface area contributed by atoms with E-state index in [2.05, 4.69) is 46.5 Å². The summed E-state index contributed by atoms with van der Waals surface area (Å²) in [4.78, 5) is 64.1. The quantitative estimate of drug-likeness (QED) is 0.346. The Labute approximate surface area is 235 Å². The van der Waals surface area contributed by atoms with Gasteiger partial charge in [0.1, 0.15) is 18.5 Å². The normalized spacial score (nSPS) is 20.2. The number of amides is 2. The molecule has 4 rings (SSSR count). The number of likely N-dealkylation sites (N-methyl/N-ethyl adjacent to an activating group) is 1. The Morgan fingerprint density at radius 3 is 2.50 bits per heavy atom. The van der Waals surface area contributed by atoms with Gasteiger partial charge >= 0.3 is 0 Å². The minimum Gasteiger partial charge on any atom is -0.483 e. The van der Waals surface area contributed by atoms with Gasteiger partial charge in [-0.2, -0.15) is 0 Å². The van der Waals surface area contributed by atoms with E-state index in [9.17, 15) is 14.4 Å². The number of hydrogen-bond acceptors (Lipinski definition) is 8. The molecule has 3 heterocycles. The minimum absolute atomic E-state index is 0.0883. The van der Waals surface area contributed by atoms with Crippen molar-refractivity contribution in [3.63, 3.8) is 0 Å². The van der Waals surface area contributed by atoms with Crippen LogP contribution in [0.5, 0.6) is 0 Å². The highest BCUT2D eigenvalue weighted by atomic mass is 16.3. The molecular formula is C28H42N6O6. The molecule has 0 saturated carbocycles. The molecule has 12 nitrogen and oxygen atoms in total. The predicted octanol–water partition coefficient (Wildman–Crippen LogP) is 1.16. The van der Waals surface area contributed by atoms with Gasteiger partial charge in [0.2, 0.25) is 11.8 Å². The standard InChI is InChI=1S/C18H28N6O3.C8H10.CH2O2.CH2O/c1-12(25)14(5-3-4-13-8-20-11-21-13)22-17(27)15-6-7-18(19)10-23(2)9-16(26)24(15)18;1-2-8-6-4-3-5-7-8;2-1-3;1-2/h8,11,14-15H,3-7,9-10,19H2,1-2H3,(H,20,21)(H,22,27);3-7H,2H2,1H3;1H,(H,2,3);1H2. The molecule has 0 spiro atoms. The van der Waals surface area contributed by atoms with Crippen molar-refractivity contribution < 1.29 is 29.1 Å². The Bertz CT molecular complexity index is 1050. The zero-order valence-corrected chi connectivity index (χ0v) is 23.5. The number of ketones is 1.